The molecule has 0 unspecified atom stereocenters. The minimum atomic E-state index is -0.0141. The summed E-state index contributed by atoms with van der Waals surface area (Å²) in [5.41, 5.74) is 2.89. The summed E-state index contributed by atoms with van der Waals surface area (Å²) in [5.74, 6) is -0.0141. The number of thiophene rings is 1. The molecule has 96 valence electrons. The lowest BCUT2D eigenvalue weighted by Gasteiger charge is -2.09. The molecule has 2 aromatic heterocycles. The second-order valence-corrected chi connectivity index (χ2v) is 5.83. The lowest BCUT2D eigenvalue weighted by atomic mass is 10.3. The van der Waals surface area contributed by atoms with Crippen molar-refractivity contribution in [2.24, 2.45) is 0 Å². The van der Waals surface area contributed by atoms with Crippen molar-refractivity contribution in [1.29, 1.82) is 0 Å². The molecule has 2 heterocycles. The molecule has 0 aliphatic rings. The molecule has 0 spiro atoms. The SMILES string of the molecule is C=C(C)Cn1c(C(=O)NCC)cc2sc(C)cc21. The van der Waals surface area contributed by atoms with Gasteiger partial charge in [0.1, 0.15) is 5.69 Å². The third kappa shape index (κ3) is 2.34. The summed E-state index contributed by atoms with van der Waals surface area (Å²) in [5, 5.41) is 2.86. The third-order valence-electron chi connectivity index (χ3n) is 2.71. The van der Waals surface area contributed by atoms with Gasteiger partial charge >= 0.3 is 0 Å². The highest BCUT2D eigenvalue weighted by Crippen LogP contribution is 2.29. The average molecular weight is 262 g/mol. The van der Waals surface area contributed by atoms with E-state index < -0.39 is 0 Å². The summed E-state index contributed by atoms with van der Waals surface area (Å²) in [6.45, 7) is 11.3. The highest BCUT2D eigenvalue weighted by molar-refractivity contribution is 7.19. The van der Waals surface area contributed by atoms with Crippen molar-refractivity contribution in [3.05, 3.63) is 34.9 Å². The molecule has 0 saturated carbocycles. The van der Waals surface area contributed by atoms with Gasteiger partial charge in [0.05, 0.1) is 10.2 Å². The molecule has 1 amide bonds. The number of aryl methyl sites for hydroxylation is 1. The van der Waals surface area contributed by atoms with Crippen LogP contribution in [0.2, 0.25) is 0 Å². The summed E-state index contributed by atoms with van der Waals surface area (Å²) in [4.78, 5) is 13.3. The zero-order chi connectivity index (χ0) is 13.3. The number of rotatable bonds is 4. The van der Waals surface area contributed by atoms with Gasteiger partial charge in [0.25, 0.3) is 5.91 Å². The van der Waals surface area contributed by atoms with Crippen molar-refractivity contribution in [2.75, 3.05) is 6.54 Å². The Labute approximate surface area is 111 Å². The van der Waals surface area contributed by atoms with E-state index in [1.807, 2.05) is 24.5 Å². The maximum atomic E-state index is 12.0. The van der Waals surface area contributed by atoms with Gasteiger partial charge in [-0.2, -0.15) is 0 Å². The van der Waals surface area contributed by atoms with Crippen molar-refractivity contribution in [3.63, 3.8) is 0 Å². The van der Waals surface area contributed by atoms with Crippen LogP contribution in [0.5, 0.6) is 0 Å². The van der Waals surface area contributed by atoms with Gasteiger partial charge in [-0.05, 0) is 32.9 Å². The highest BCUT2D eigenvalue weighted by Gasteiger charge is 2.16. The van der Waals surface area contributed by atoms with Crippen LogP contribution >= 0.6 is 11.3 Å². The van der Waals surface area contributed by atoms with Crippen molar-refractivity contribution >= 4 is 27.5 Å². The average Bonchev–Trinajstić information content (AvgIpc) is 2.77. The van der Waals surface area contributed by atoms with Crippen molar-refractivity contribution in [3.8, 4) is 0 Å². The Morgan fingerprint density at radius 1 is 1.50 bits per heavy atom. The number of aromatic nitrogens is 1. The van der Waals surface area contributed by atoms with Gasteiger partial charge in [-0.3, -0.25) is 4.79 Å². The first-order valence-corrected chi connectivity index (χ1v) is 6.86. The van der Waals surface area contributed by atoms with Crippen LogP contribution in [-0.2, 0) is 6.54 Å². The fourth-order valence-corrected chi connectivity index (χ4v) is 3.01. The lowest BCUT2D eigenvalue weighted by molar-refractivity contribution is 0.0947. The van der Waals surface area contributed by atoms with E-state index in [1.54, 1.807) is 11.3 Å². The van der Waals surface area contributed by atoms with E-state index in [1.165, 1.54) is 4.88 Å². The second kappa shape index (κ2) is 4.98. The van der Waals surface area contributed by atoms with Gasteiger partial charge < -0.3 is 9.88 Å². The first-order valence-electron chi connectivity index (χ1n) is 6.05. The van der Waals surface area contributed by atoms with Crippen molar-refractivity contribution in [1.82, 2.24) is 9.88 Å². The number of nitrogens with one attached hydrogen (secondary N) is 1. The number of fused-ring (bicyclic) bond motifs is 1. The molecule has 0 bridgehead atoms. The monoisotopic (exact) mass is 262 g/mol. The van der Waals surface area contributed by atoms with Crippen LogP contribution in [-0.4, -0.2) is 17.0 Å². The third-order valence-corrected chi connectivity index (χ3v) is 3.70. The first-order chi connectivity index (χ1) is 8.52. The van der Waals surface area contributed by atoms with Gasteiger partial charge in [-0.15, -0.1) is 11.3 Å². The molecular weight excluding hydrogens is 244 g/mol. The fraction of sp³-hybridized carbons (Fsp3) is 0.357. The molecule has 0 aliphatic heterocycles. The Morgan fingerprint density at radius 3 is 2.83 bits per heavy atom. The predicted octanol–water partition coefficient (Wildman–Crippen LogP) is 3.34. The summed E-state index contributed by atoms with van der Waals surface area (Å²) in [6, 6.07) is 4.10. The molecule has 0 atom stereocenters. The number of allylic oxidation sites excluding steroid dienone is 1. The van der Waals surface area contributed by atoms with Crippen LogP contribution in [0.25, 0.3) is 10.2 Å². The van der Waals surface area contributed by atoms with Crippen LogP contribution < -0.4 is 5.32 Å². The molecule has 2 rings (SSSR count). The Balaban J connectivity index is 2.53. The number of nitrogens with zero attached hydrogens (tertiary/aromatic N) is 1. The predicted molar refractivity (Wildman–Crippen MR) is 77.4 cm³/mol. The van der Waals surface area contributed by atoms with E-state index >= 15 is 0 Å². The molecule has 1 N–H and O–H groups in total. The zero-order valence-electron chi connectivity index (χ0n) is 11.0. The molecule has 3 nitrogen and oxygen atoms in total. The Morgan fingerprint density at radius 2 is 2.22 bits per heavy atom. The molecule has 0 fully saturated rings. The number of carbonyl (C=O) groups is 1. The molecule has 2 aromatic rings. The number of carbonyl (C=O) groups excluding carboxylic acids is 1. The number of amides is 1. The maximum Gasteiger partial charge on any atom is 0.267 e. The molecule has 4 heteroatoms. The van der Waals surface area contributed by atoms with E-state index in [0.717, 1.165) is 21.5 Å². The summed E-state index contributed by atoms with van der Waals surface area (Å²) in [7, 11) is 0. The van der Waals surface area contributed by atoms with Gasteiger partial charge in [0.2, 0.25) is 0 Å². The maximum absolute atomic E-state index is 12.0. The van der Waals surface area contributed by atoms with Crippen LogP contribution in [0.1, 0.15) is 29.2 Å². The van der Waals surface area contributed by atoms with Crippen LogP contribution in [0, 0.1) is 6.92 Å². The number of hydrogen-bond donors (Lipinski definition) is 1. The first kappa shape index (κ1) is 12.9. The van der Waals surface area contributed by atoms with Crippen LogP contribution in [0.15, 0.2) is 24.3 Å². The van der Waals surface area contributed by atoms with E-state index in [2.05, 4.69) is 24.9 Å². The Hall–Kier alpha value is -1.55. The lowest BCUT2D eigenvalue weighted by Crippen LogP contribution is -2.25. The van der Waals surface area contributed by atoms with Gasteiger partial charge in [0, 0.05) is 18.0 Å². The zero-order valence-corrected chi connectivity index (χ0v) is 11.9. The topological polar surface area (TPSA) is 34.0 Å². The molecule has 0 saturated heterocycles. The van der Waals surface area contributed by atoms with Gasteiger partial charge in [0.15, 0.2) is 0 Å². The standard InChI is InChI=1S/C14H18N2OS/c1-5-15-14(17)12-7-13-11(6-10(4)18-13)16(12)8-9(2)3/h6-7H,2,5,8H2,1,3-4H3,(H,15,17). The largest absolute Gasteiger partial charge is 0.351 e. The quantitative estimate of drug-likeness (QED) is 0.842. The minimum Gasteiger partial charge on any atom is -0.351 e. The smallest absolute Gasteiger partial charge is 0.267 e. The number of hydrogen-bond acceptors (Lipinski definition) is 2. The summed E-state index contributed by atoms with van der Waals surface area (Å²) < 4.78 is 3.21. The van der Waals surface area contributed by atoms with E-state index in [9.17, 15) is 4.79 Å². The van der Waals surface area contributed by atoms with E-state index in [-0.39, 0.29) is 5.91 Å². The van der Waals surface area contributed by atoms with Crippen molar-refractivity contribution in [2.45, 2.75) is 27.3 Å². The molecule has 18 heavy (non-hydrogen) atoms. The molecule has 0 radical (unpaired) electrons. The second-order valence-electron chi connectivity index (χ2n) is 4.54. The van der Waals surface area contributed by atoms with Crippen LogP contribution in [0.4, 0.5) is 0 Å². The highest BCUT2D eigenvalue weighted by atomic mass is 32.1. The van der Waals surface area contributed by atoms with E-state index in [4.69, 9.17) is 0 Å². The molecule has 0 aromatic carbocycles. The Bertz CT molecular complexity index is 607. The van der Waals surface area contributed by atoms with E-state index in [0.29, 0.717) is 13.1 Å². The Kier molecular flexibility index (Phi) is 3.57. The minimum absolute atomic E-state index is 0.0141. The normalized spacial score (nSPS) is 10.8. The van der Waals surface area contributed by atoms with Crippen LogP contribution in [0.3, 0.4) is 0 Å². The van der Waals surface area contributed by atoms with Gasteiger partial charge in [-0.25, -0.2) is 0 Å². The summed E-state index contributed by atoms with van der Waals surface area (Å²) >= 11 is 1.72. The van der Waals surface area contributed by atoms with Gasteiger partial charge in [-0.1, -0.05) is 12.2 Å². The fourth-order valence-electron chi connectivity index (χ4n) is 2.04. The molecule has 0 aliphatic carbocycles. The van der Waals surface area contributed by atoms with Crippen molar-refractivity contribution < 1.29 is 4.79 Å². The molecular formula is C14H18N2OS. The summed E-state index contributed by atoms with van der Waals surface area (Å²) in [6.07, 6.45) is 0.